The van der Waals surface area contributed by atoms with E-state index in [0.29, 0.717) is 5.56 Å². The van der Waals surface area contributed by atoms with Crippen molar-refractivity contribution in [3.05, 3.63) is 23.8 Å². The molecule has 0 radical (unpaired) electrons. The van der Waals surface area contributed by atoms with Gasteiger partial charge in [-0.05, 0) is 79.5 Å². The molecule has 1 aromatic rings. The molecule has 0 aliphatic carbocycles. The summed E-state index contributed by atoms with van der Waals surface area (Å²) in [6.45, 7) is 13.0. The van der Waals surface area contributed by atoms with Crippen LogP contribution in [-0.4, -0.2) is 61.0 Å². The van der Waals surface area contributed by atoms with Crippen LogP contribution < -0.4 is 15.2 Å². The molecule has 12 nitrogen and oxygen atoms in total. The van der Waals surface area contributed by atoms with E-state index in [1.54, 1.807) is 41.5 Å². The molecule has 0 aliphatic rings. The Morgan fingerprint density at radius 2 is 1.27 bits per heavy atom. The standard InChI is InChI=1S/C25H37NO11/c1-14(15(2)33-21(28)31-9)32-20(27)17(26)12-16-10-11-18(34-22(29)36-24(3,4)5)19(13-16)35-23(30)37-25(6,7)8/h10-11,13-15,17H,12,26H2,1-9H3/t14-,15-,17-/m0/s1. The number of benzene rings is 1. The van der Waals surface area contributed by atoms with Gasteiger partial charge in [0.25, 0.3) is 0 Å². The van der Waals surface area contributed by atoms with Gasteiger partial charge in [0.05, 0.1) is 7.11 Å². The van der Waals surface area contributed by atoms with Gasteiger partial charge in [0.2, 0.25) is 0 Å². The maximum absolute atomic E-state index is 12.5. The molecule has 0 aliphatic heterocycles. The molecule has 0 saturated heterocycles. The number of rotatable bonds is 8. The lowest BCUT2D eigenvalue weighted by atomic mass is 10.1. The first kappa shape index (κ1) is 31.5. The number of nitrogens with two attached hydrogens (primary N) is 1. The van der Waals surface area contributed by atoms with E-state index in [1.165, 1.54) is 32.0 Å². The highest BCUT2D eigenvalue weighted by Gasteiger charge is 2.26. The minimum absolute atomic E-state index is 0.0187. The summed E-state index contributed by atoms with van der Waals surface area (Å²) in [5, 5.41) is 0. The summed E-state index contributed by atoms with van der Waals surface area (Å²) >= 11 is 0. The fourth-order valence-corrected chi connectivity index (χ4v) is 2.56. The number of esters is 1. The first-order valence-electron chi connectivity index (χ1n) is 11.6. The molecule has 0 heterocycles. The Balaban J connectivity index is 3.02. The molecule has 1 aromatic carbocycles. The number of hydrogen-bond donors (Lipinski definition) is 1. The summed E-state index contributed by atoms with van der Waals surface area (Å²) in [6, 6.07) is 3.16. The van der Waals surface area contributed by atoms with Crippen molar-refractivity contribution in [2.75, 3.05) is 7.11 Å². The summed E-state index contributed by atoms with van der Waals surface area (Å²) in [4.78, 5) is 48.1. The second kappa shape index (κ2) is 13.1. The Labute approximate surface area is 216 Å². The van der Waals surface area contributed by atoms with Gasteiger partial charge < -0.3 is 38.9 Å². The highest BCUT2D eigenvalue weighted by Crippen LogP contribution is 2.31. The smallest absolute Gasteiger partial charge is 0.458 e. The third-order valence-electron chi connectivity index (χ3n) is 4.34. The molecule has 208 valence electrons. The number of hydrogen-bond acceptors (Lipinski definition) is 12. The zero-order chi connectivity index (χ0) is 28.6. The summed E-state index contributed by atoms with van der Waals surface area (Å²) in [6.07, 6.45) is -4.54. The van der Waals surface area contributed by atoms with E-state index < -0.39 is 53.9 Å². The molecule has 37 heavy (non-hydrogen) atoms. The molecule has 0 aromatic heterocycles. The molecule has 0 saturated carbocycles. The minimum atomic E-state index is -1.11. The lowest BCUT2D eigenvalue weighted by Crippen LogP contribution is -2.39. The molecule has 0 unspecified atom stereocenters. The van der Waals surface area contributed by atoms with Gasteiger partial charge in [0.1, 0.15) is 29.5 Å². The molecule has 12 heteroatoms. The maximum atomic E-state index is 12.5. The van der Waals surface area contributed by atoms with E-state index in [4.69, 9.17) is 34.2 Å². The largest absolute Gasteiger partial charge is 0.514 e. The third kappa shape index (κ3) is 12.3. The quantitative estimate of drug-likeness (QED) is 0.291. The Hall–Kier alpha value is -3.54. The van der Waals surface area contributed by atoms with Gasteiger partial charge in [-0.25, -0.2) is 14.4 Å². The summed E-state index contributed by atoms with van der Waals surface area (Å²) in [5.74, 6) is -1.01. The molecule has 3 atom stereocenters. The predicted molar refractivity (Wildman–Crippen MR) is 130 cm³/mol. The van der Waals surface area contributed by atoms with Crippen molar-refractivity contribution >= 4 is 24.4 Å². The number of carbonyl (C=O) groups is 4. The zero-order valence-corrected chi connectivity index (χ0v) is 22.7. The van der Waals surface area contributed by atoms with E-state index in [0.717, 1.165) is 7.11 Å². The van der Waals surface area contributed by atoms with Crippen molar-refractivity contribution in [3.63, 3.8) is 0 Å². The SMILES string of the molecule is COC(=O)O[C@@H](C)[C@H](C)OC(=O)[C@@H](N)Cc1ccc(OC(=O)OC(C)(C)C)c(OC(=O)OC(C)(C)C)c1. The molecular weight excluding hydrogens is 490 g/mol. The Kier molecular flexibility index (Phi) is 11.2. The van der Waals surface area contributed by atoms with E-state index in [-0.39, 0.29) is 17.9 Å². The first-order valence-corrected chi connectivity index (χ1v) is 11.6. The molecule has 2 N–H and O–H groups in total. The number of ether oxygens (including phenoxy) is 7. The van der Waals surface area contributed by atoms with Crippen LogP contribution in [-0.2, 0) is 34.9 Å². The minimum Gasteiger partial charge on any atom is -0.458 e. The highest BCUT2D eigenvalue weighted by molar-refractivity contribution is 5.76. The van der Waals surface area contributed by atoms with Gasteiger partial charge in [0, 0.05) is 0 Å². The molecule has 0 bridgehead atoms. The Morgan fingerprint density at radius 3 is 1.76 bits per heavy atom. The van der Waals surface area contributed by atoms with Crippen molar-refractivity contribution in [2.24, 2.45) is 5.73 Å². The second-order valence-corrected chi connectivity index (χ2v) is 10.1. The average Bonchev–Trinajstić information content (AvgIpc) is 2.72. The summed E-state index contributed by atoms with van der Waals surface area (Å²) in [5.41, 5.74) is 4.82. The van der Waals surface area contributed by atoms with Crippen molar-refractivity contribution in [1.29, 1.82) is 0 Å². The lowest BCUT2D eigenvalue weighted by molar-refractivity contribution is -0.155. The maximum Gasteiger partial charge on any atom is 0.514 e. The summed E-state index contributed by atoms with van der Waals surface area (Å²) in [7, 11) is 1.16. The summed E-state index contributed by atoms with van der Waals surface area (Å²) < 4.78 is 35.4. The van der Waals surface area contributed by atoms with Gasteiger partial charge in [-0.1, -0.05) is 6.07 Å². The van der Waals surface area contributed by atoms with Crippen LogP contribution in [0, 0.1) is 0 Å². The average molecular weight is 528 g/mol. The lowest BCUT2D eigenvalue weighted by Gasteiger charge is -2.22. The fourth-order valence-electron chi connectivity index (χ4n) is 2.56. The van der Waals surface area contributed by atoms with Crippen molar-refractivity contribution in [1.82, 2.24) is 0 Å². The van der Waals surface area contributed by atoms with Crippen molar-refractivity contribution in [2.45, 2.75) is 91.3 Å². The Bertz CT molecular complexity index is 962. The zero-order valence-electron chi connectivity index (χ0n) is 22.7. The van der Waals surface area contributed by atoms with Crippen LogP contribution in [0.25, 0.3) is 0 Å². The van der Waals surface area contributed by atoms with E-state index >= 15 is 0 Å². The topological polar surface area (TPSA) is 159 Å². The van der Waals surface area contributed by atoms with Crippen LogP contribution in [0.1, 0.15) is 61.0 Å². The monoisotopic (exact) mass is 527 g/mol. The van der Waals surface area contributed by atoms with Crippen LogP contribution in [0.4, 0.5) is 14.4 Å². The molecule has 0 spiro atoms. The van der Waals surface area contributed by atoms with Crippen LogP contribution >= 0.6 is 0 Å². The molecule has 0 fully saturated rings. The number of carbonyl (C=O) groups excluding carboxylic acids is 4. The van der Waals surface area contributed by atoms with Gasteiger partial charge in [-0.3, -0.25) is 4.79 Å². The molecule has 0 amide bonds. The predicted octanol–water partition coefficient (Wildman–Crippen LogP) is 4.29. The van der Waals surface area contributed by atoms with Crippen LogP contribution in [0.3, 0.4) is 0 Å². The second-order valence-electron chi connectivity index (χ2n) is 10.1. The number of methoxy groups -OCH3 is 1. The van der Waals surface area contributed by atoms with Gasteiger partial charge in [-0.15, -0.1) is 0 Å². The van der Waals surface area contributed by atoms with E-state index in [1.807, 2.05) is 0 Å². The highest BCUT2D eigenvalue weighted by atomic mass is 16.8. The van der Waals surface area contributed by atoms with Crippen LogP contribution in [0.15, 0.2) is 18.2 Å². The normalized spacial score (nSPS) is 13.9. The van der Waals surface area contributed by atoms with Gasteiger partial charge >= 0.3 is 24.4 Å². The molecule has 1 rings (SSSR count). The van der Waals surface area contributed by atoms with Gasteiger partial charge in [0.15, 0.2) is 11.5 Å². The van der Waals surface area contributed by atoms with Crippen LogP contribution in [0.5, 0.6) is 11.5 Å². The van der Waals surface area contributed by atoms with Crippen molar-refractivity contribution in [3.8, 4) is 11.5 Å². The van der Waals surface area contributed by atoms with E-state index in [2.05, 4.69) is 4.74 Å². The fraction of sp³-hybridized carbons (Fsp3) is 0.600. The molecular formula is C25H37NO11. The van der Waals surface area contributed by atoms with Crippen LogP contribution in [0.2, 0.25) is 0 Å². The van der Waals surface area contributed by atoms with Crippen molar-refractivity contribution < 1.29 is 52.3 Å². The van der Waals surface area contributed by atoms with E-state index in [9.17, 15) is 19.2 Å². The Morgan fingerprint density at radius 1 is 0.784 bits per heavy atom. The third-order valence-corrected chi connectivity index (χ3v) is 4.34. The van der Waals surface area contributed by atoms with Gasteiger partial charge in [-0.2, -0.15) is 0 Å². The first-order chi connectivity index (χ1) is 16.9.